The highest BCUT2D eigenvalue weighted by molar-refractivity contribution is 7.22. The number of anilines is 1. The zero-order valence-corrected chi connectivity index (χ0v) is 18.1. The van der Waals surface area contributed by atoms with Crippen LogP contribution in [0.2, 0.25) is 0 Å². The first kappa shape index (κ1) is 22.2. The summed E-state index contributed by atoms with van der Waals surface area (Å²) in [6.45, 7) is 3.64. The van der Waals surface area contributed by atoms with Crippen LogP contribution in [0.1, 0.15) is 24.2 Å². The molecule has 0 saturated heterocycles. The molecule has 162 valence electrons. The summed E-state index contributed by atoms with van der Waals surface area (Å²) in [5.74, 6) is -1.13. The van der Waals surface area contributed by atoms with Crippen LogP contribution in [0, 0.1) is 0 Å². The predicted octanol–water partition coefficient (Wildman–Crippen LogP) is 3.02. The number of aromatic nitrogens is 1. The van der Waals surface area contributed by atoms with E-state index < -0.39 is 18.5 Å². The first-order valence-electron chi connectivity index (χ1n) is 9.85. The van der Waals surface area contributed by atoms with Gasteiger partial charge in [-0.15, -0.1) is 0 Å². The average molecular weight is 442 g/mol. The lowest BCUT2D eigenvalue weighted by molar-refractivity contribution is -0.146. The fourth-order valence-electron chi connectivity index (χ4n) is 2.85. The van der Waals surface area contributed by atoms with Gasteiger partial charge in [0.15, 0.2) is 11.7 Å². The number of thiazole rings is 1. The van der Waals surface area contributed by atoms with Crippen molar-refractivity contribution in [2.75, 3.05) is 31.2 Å². The molecule has 0 unspecified atom stereocenters. The molecular formula is C22H23N3O5S. The molecule has 0 fully saturated rings. The molecule has 2 amide bonds. The van der Waals surface area contributed by atoms with Gasteiger partial charge in [-0.1, -0.05) is 35.6 Å². The second-order valence-electron chi connectivity index (χ2n) is 6.37. The molecule has 0 bridgehead atoms. The number of esters is 1. The van der Waals surface area contributed by atoms with Crippen LogP contribution >= 0.6 is 11.3 Å². The number of carbonyl (C=O) groups is 3. The van der Waals surface area contributed by atoms with Crippen LogP contribution < -0.4 is 15.0 Å². The molecule has 1 N–H and O–H groups in total. The standard InChI is InChI=1S/C22H23N3O5S/c1-3-25(22-24-16-10-6-8-12-18(16)31-22)19(26)14-30-20(27)13-23-21(28)15-9-5-7-11-17(15)29-4-2/h5-12H,3-4,13-14H2,1-2H3,(H,23,28). The summed E-state index contributed by atoms with van der Waals surface area (Å²) in [6, 6.07) is 14.3. The number of nitrogens with zero attached hydrogens (tertiary/aromatic N) is 2. The van der Waals surface area contributed by atoms with Gasteiger partial charge in [0.05, 0.1) is 22.4 Å². The number of amides is 2. The van der Waals surface area contributed by atoms with E-state index in [1.807, 2.05) is 38.1 Å². The monoisotopic (exact) mass is 441 g/mol. The SMILES string of the molecule is CCOc1ccccc1C(=O)NCC(=O)OCC(=O)N(CC)c1nc2ccccc2s1. The summed E-state index contributed by atoms with van der Waals surface area (Å²) in [4.78, 5) is 42.8. The zero-order valence-electron chi connectivity index (χ0n) is 17.3. The summed E-state index contributed by atoms with van der Waals surface area (Å²) in [5, 5.41) is 3.03. The first-order chi connectivity index (χ1) is 15.0. The third kappa shape index (κ3) is 5.58. The van der Waals surface area contributed by atoms with Gasteiger partial charge in [-0.2, -0.15) is 0 Å². The molecule has 0 spiro atoms. The van der Waals surface area contributed by atoms with E-state index in [-0.39, 0.29) is 12.5 Å². The Morgan fingerprint density at radius 1 is 1.06 bits per heavy atom. The summed E-state index contributed by atoms with van der Waals surface area (Å²) in [5.41, 5.74) is 1.13. The van der Waals surface area contributed by atoms with Crippen molar-refractivity contribution in [2.24, 2.45) is 0 Å². The molecule has 3 aromatic rings. The summed E-state index contributed by atoms with van der Waals surface area (Å²) < 4.78 is 11.4. The number of nitrogens with one attached hydrogen (secondary N) is 1. The van der Waals surface area contributed by atoms with Crippen molar-refractivity contribution in [3.05, 3.63) is 54.1 Å². The van der Waals surface area contributed by atoms with E-state index in [1.54, 1.807) is 24.3 Å². The number of carbonyl (C=O) groups excluding carboxylic acids is 3. The quantitative estimate of drug-likeness (QED) is 0.513. The molecule has 8 nitrogen and oxygen atoms in total. The molecule has 0 atom stereocenters. The van der Waals surface area contributed by atoms with Crippen molar-refractivity contribution >= 4 is 44.5 Å². The number of hydrogen-bond donors (Lipinski definition) is 1. The van der Waals surface area contributed by atoms with Crippen LogP contribution in [-0.4, -0.2) is 49.1 Å². The Bertz CT molecular complexity index is 1050. The van der Waals surface area contributed by atoms with Gasteiger partial charge in [0.1, 0.15) is 12.3 Å². The number of likely N-dealkylation sites (N-methyl/N-ethyl adjacent to an activating group) is 1. The van der Waals surface area contributed by atoms with Crippen molar-refractivity contribution in [3.63, 3.8) is 0 Å². The van der Waals surface area contributed by atoms with E-state index in [9.17, 15) is 14.4 Å². The maximum atomic E-state index is 12.5. The molecule has 3 rings (SSSR count). The molecule has 0 aliphatic rings. The molecule has 0 radical (unpaired) electrons. The molecule has 0 saturated carbocycles. The third-order valence-corrected chi connectivity index (χ3v) is 5.37. The maximum Gasteiger partial charge on any atom is 0.325 e. The lowest BCUT2D eigenvalue weighted by atomic mass is 10.2. The number of hydrogen-bond acceptors (Lipinski definition) is 7. The minimum atomic E-state index is -0.712. The van der Waals surface area contributed by atoms with Crippen LogP contribution in [0.15, 0.2) is 48.5 Å². The van der Waals surface area contributed by atoms with E-state index >= 15 is 0 Å². The first-order valence-corrected chi connectivity index (χ1v) is 10.7. The normalized spacial score (nSPS) is 10.5. The largest absolute Gasteiger partial charge is 0.493 e. The number of para-hydroxylation sites is 2. The Kier molecular flexibility index (Phi) is 7.55. The Balaban J connectivity index is 1.52. The Hall–Kier alpha value is -3.46. The predicted molar refractivity (Wildman–Crippen MR) is 119 cm³/mol. The van der Waals surface area contributed by atoms with Gasteiger partial charge in [0.2, 0.25) is 0 Å². The molecule has 0 aliphatic carbocycles. The highest BCUT2D eigenvalue weighted by Crippen LogP contribution is 2.28. The highest BCUT2D eigenvalue weighted by atomic mass is 32.1. The summed E-state index contributed by atoms with van der Waals surface area (Å²) in [7, 11) is 0. The Morgan fingerprint density at radius 3 is 2.55 bits per heavy atom. The Labute approximate surface area is 183 Å². The van der Waals surface area contributed by atoms with Crippen LogP contribution in [0.25, 0.3) is 10.2 Å². The van der Waals surface area contributed by atoms with Crippen molar-refractivity contribution in [1.82, 2.24) is 10.3 Å². The van der Waals surface area contributed by atoms with Crippen molar-refractivity contribution in [3.8, 4) is 5.75 Å². The Morgan fingerprint density at radius 2 is 1.81 bits per heavy atom. The number of fused-ring (bicyclic) bond motifs is 1. The summed E-state index contributed by atoms with van der Waals surface area (Å²) >= 11 is 1.39. The van der Waals surface area contributed by atoms with Crippen molar-refractivity contribution in [2.45, 2.75) is 13.8 Å². The molecule has 1 aromatic heterocycles. The van der Waals surface area contributed by atoms with Crippen LogP contribution in [0.4, 0.5) is 5.13 Å². The number of rotatable bonds is 9. The smallest absolute Gasteiger partial charge is 0.325 e. The average Bonchev–Trinajstić information content (AvgIpc) is 3.21. The van der Waals surface area contributed by atoms with Crippen molar-refractivity contribution in [1.29, 1.82) is 0 Å². The lowest BCUT2D eigenvalue weighted by Crippen LogP contribution is -2.36. The molecule has 0 aliphatic heterocycles. The van der Waals surface area contributed by atoms with Crippen LogP contribution in [0.5, 0.6) is 5.75 Å². The van der Waals surface area contributed by atoms with Gasteiger partial charge in [-0.05, 0) is 38.1 Å². The van der Waals surface area contributed by atoms with Gasteiger partial charge < -0.3 is 14.8 Å². The topological polar surface area (TPSA) is 97.8 Å². The lowest BCUT2D eigenvalue weighted by Gasteiger charge is -2.17. The van der Waals surface area contributed by atoms with Gasteiger partial charge in [0.25, 0.3) is 11.8 Å². The van der Waals surface area contributed by atoms with Crippen molar-refractivity contribution < 1.29 is 23.9 Å². The van der Waals surface area contributed by atoms with Crippen LogP contribution in [-0.2, 0) is 14.3 Å². The summed E-state index contributed by atoms with van der Waals surface area (Å²) in [6.07, 6.45) is 0. The van der Waals surface area contributed by atoms with Gasteiger partial charge in [-0.25, -0.2) is 4.98 Å². The minimum Gasteiger partial charge on any atom is -0.493 e. The van der Waals surface area contributed by atoms with E-state index in [0.717, 1.165) is 10.2 Å². The molecule has 2 aromatic carbocycles. The van der Waals surface area contributed by atoms with E-state index in [2.05, 4.69) is 10.3 Å². The fraction of sp³-hybridized carbons (Fsp3) is 0.273. The van der Waals surface area contributed by atoms with E-state index in [4.69, 9.17) is 9.47 Å². The molecular weight excluding hydrogens is 418 g/mol. The van der Waals surface area contributed by atoms with Gasteiger partial charge in [0, 0.05) is 6.54 Å². The number of ether oxygens (including phenoxy) is 2. The minimum absolute atomic E-state index is 0.321. The van der Waals surface area contributed by atoms with E-state index in [1.165, 1.54) is 16.2 Å². The maximum absolute atomic E-state index is 12.5. The number of benzene rings is 2. The van der Waals surface area contributed by atoms with E-state index in [0.29, 0.717) is 29.6 Å². The zero-order chi connectivity index (χ0) is 22.2. The molecule has 9 heteroatoms. The fourth-order valence-corrected chi connectivity index (χ4v) is 3.89. The second-order valence-corrected chi connectivity index (χ2v) is 7.38. The highest BCUT2D eigenvalue weighted by Gasteiger charge is 2.20. The third-order valence-electron chi connectivity index (χ3n) is 4.31. The van der Waals surface area contributed by atoms with Gasteiger partial charge >= 0.3 is 5.97 Å². The van der Waals surface area contributed by atoms with Crippen LogP contribution in [0.3, 0.4) is 0 Å². The molecule has 31 heavy (non-hydrogen) atoms. The molecule has 1 heterocycles. The second kappa shape index (κ2) is 10.5. The van der Waals surface area contributed by atoms with Gasteiger partial charge in [-0.3, -0.25) is 19.3 Å².